The van der Waals surface area contributed by atoms with E-state index in [1.54, 1.807) is 0 Å². The minimum atomic E-state index is -4.78. The Morgan fingerprint density at radius 3 is 2.32 bits per heavy atom. The molecule has 0 radical (unpaired) electrons. The number of hydrogen-bond acceptors (Lipinski definition) is 5. The van der Waals surface area contributed by atoms with Gasteiger partial charge >= 0.3 is 18.2 Å². The number of carboxylic acid groups (broad SMARTS) is 1. The highest BCUT2D eigenvalue weighted by Gasteiger charge is 2.31. The molecule has 6 nitrogen and oxygen atoms in total. The van der Waals surface area contributed by atoms with E-state index in [9.17, 15) is 18.0 Å². The predicted octanol–water partition coefficient (Wildman–Crippen LogP) is 2.33. The first kappa shape index (κ1) is 12.9. The van der Waals surface area contributed by atoms with Gasteiger partial charge in [0.05, 0.1) is 0 Å². The fraction of sp³-hybridized carbons (Fsp3) is 0.100. The zero-order valence-electron chi connectivity index (χ0n) is 9.01. The van der Waals surface area contributed by atoms with Gasteiger partial charge in [-0.15, -0.1) is 23.4 Å². The van der Waals surface area contributed by atoms with Crippen molar-refractivity contribution < 1.29 is 32.2 Å². The number of hydrogen-bond donors (Lipinski definition) is 1. The molecule has 0 atom stereocenters. The Kier molecular flexibility index (Phi) is 3.11. The predicted molar refractivity (Wildman–Crippen MR) is 53.4 cm³/mol. The van der Waals surface area contributed by atoms with E-state index in [1.165, 1.54) is 12.1 Å². The van der Waals surface area contributed by atoms with Gasteiger partial charge in [-0.05, 0) is 24.3 Å². The first-order valence-electron chi connectivity index (χ1n) is 4.78. The quantitative estimate of drug-likeness (QED) is 0.924. The van der Waals surface area contributed by atoms with Crippen molar-refractivity contribution in [2.24, 2.45) is 0 Å². The highest BCUT2D eigenvalue weighted by Crippen LogP contribution is 2.25. The molecular formula is C10H5F3N2O4. The summed E-state index contributed by atoms with van der Waals surface area (Å²) < 4.78 is 44.2. The zero-order chi connectivity index (χ0) is 14.0. The molecule has 0 aliphatic rings. The van der Waals surface area contributed by atoms with E-state index in [4.69, 9.17) is 9.52 Å². The second-order valence-electron chi connectivity index (χ2n) is 3.29. The van der Waals surface area contributed by atoms with Gasteiger partial charge in [0.15, 0.2) is 0 Å². The fourth-order valence-corrected chi connectivity index (χ4v) is 1.23. The number of ether oxygens (including phenoxy) is 1. The lowest BCUT2D eigenvalue weighted by Gasteiger charge is -2.08. The van der Waals surface area contributed by atoms with Crippen LogP contribution in [-0.4, -0.2) is 27.6 Å². The van der Waals surface area contributed by atoms with Crippen molar-refractivity contribution >= 4 is 5.97 Å². The minimum Gasteiger partial charge on any atom is -0.474 e. The van der Waals surface area contributed by atoms with Crippen molar-refractivity contribution in [1.82, 2.24) is 10.2 Å². The molecule has 2 rings (SSSR count). The van der Waals surface area contributed by atoms with Crippen molar-refractivity contribution in [3.8, 4) is 17.2 Å². The Hall–Kier alpha value is -2.58. The Morgan fingerprint density at radius 1 is 1.21 bits per heavy atom. The van der Waals surface area contributed by atoms with Crippen molar-refractivity contribution in [3.63, 3.8) is 0 Å². The highest BCUT2D eigenvalue weighted by molar-refractivity contribution is 5.82. The standard InChI is InChI=1S/C10H5F3N2O4/c11-10(12,13)19-6-3-1-5(2-4-6)7-14-15-8(18-7)9(16)17/h1-4H,(H,16,17). The molecule has 0 bridgehead atoms. The van der Waals surface area contributed by atoms with Gasteiger partial charge < -0.3 is 14.3 Å². The summed E-state index contributed by atoms with van der Waals surface area (Å²) in [6.45, 7) is 0. The number of carboxylic acids is 1. The van der Waals surface area contributed by atoms with Crippen LogP contribution in [0.15, 0.2) is 28.7 Å². The van der Waals surface area contributed by atoms with E-state index in [1.807, 2.05) is 0 Å². The normalized spacial score (nSPS) is 11.3. The van der Waals surface area contributed by atoms with Gasteiger partial charge in [-0.3, -0.25) is 0 Å². The van der Waals surface area contributed by atoms with Gasteiger partial charge in [0.2, 0.25) is 5.89 Å². The van der Waals surface area contributed by atoms with E-state index >= 15 is 0 Å². The van der Waals surface area contributed by atoms with E-state index < -0.39 is 24.0 Å². The summed E-state index contributed by atoms with van der Waals surface area (Å²) in [6.07, 6.45) is -4.78. The van der Waals surface area contributed by atoms with Gasteiger partial charge in [0, 0.05) is 5.56 Å². The van der Waals surface area contributed by atoms with E-state index in [0.29, 0.717) is 0 Å². The van der Waals surface area contributed by atoms with Crippen molar-refractivity contribution in [3.05, 3.63) is 30.2 Å². The van der Waals surface area contributed by atoms with Crippen LogP contribution in [0.5, 0.6) is 5.75 Å². The number of benzene rings is 1. The Bertz CT molecular complexity index is 592. The summed E-state index contributed by atoms with van der Waals surface area (Å²) in [4.78, 5) is 10.5. The number of aromatic nitrogens is 2. The van der Waals surface area contributed by atoms with Crippen LogP contribution in [-0.2, 0) is 0 Å². The second kappa shape index (κ2) is 4.59. The van der Waals surface area contributed by atoms with Crippen LogP contribution in [0.3, 0.4) is 0 Å². The molecule has 100 valence electrons. The first-order valence-corrected chi connectivity index (χ1v) is 4.78. The molecule has 1 heterocycles. The Labute approximate surface area is 103 Å². The first-order chi connectivity index (χ1) is 8.85. The number of nitrogens with zero attached hydrogens (tertiary/aromatic N) is 2. The average Bonchev–Trinajstić information content (AvgIpc) is 2.77. The summed E-state index contributed by atoms with van der Waals surface area (Å²) >= 11 is 0. The van der Waals surface area contributed by atoms with E-state index in [-0.39, 0.29) is 11.5 Å². The molecule has 0 fully saturated rings. The molecule has 1 aromatic carbocycles. The van der Waals surface area contributed by atoms with Crippen molar-refractivity contribution in [2.75, 3.05) is 0 Å². The van der Waals surface area contributed by atoms with Gasteiger partial charge in [-0.1, -0.05) is 0 Å². The molecule has 0 unspecified atom stereocenters. The largest absolute Gasteiger partial charge is 0.573 e. The Balaban J connectivity index is 2.20. The Morgan fingerprint density at radius 2 is 1.84 bits per heavy atom. The van der Waals surface area contributed by atoms with Crippen LogP contribution in [0.25, 0.3) is 11.5 Å². The number of carbonyl (C=O) groups is 1. The maximum absolute atomic E-state index is 11.9. The van der Waals surface area contributed by atoms with E-state index in [0.717, 1.165) is 12.1 Å². The topological polar surface area (TPSA) is 85.5 Å². The van der Waals surface area contributed by atoms with Gasteiger partial charge in [0.25, 0.3) is 0 Å². The van der Waals surface area contributed by atoms with Crippen LogP contribution >= 0.6 is 0 Å². The fourth-order valence-electron chi connectivity index (χ4n) is 1.23. The summed E-state index contributed by atoms with van der Waals surface area (Å²) in [6, 6.07) is 4.57. The summed E-state index contributed by atoms with van der Waals surface area (Å²) in [5.74, 6) is -2.52. The van der Waals surface area contributed by atoms with Crippen LogP contribution in [0.1, 0.15) is 10.7 Å². The molecular weight excluding hydrogens is 269 g/mol. The lowest BCUT2D eigenvalue weighted by atomic mass is 10.2. The molecule has 1 N–H and O–H groups in total. The van der Waals surface area contributed by atoms with E-state index in [2.05, 4.69) is 14.9 Å². The molecule has 19 heavy (non-hydrogen) atoms. The molecule has 0 amide bonds. The van der Waals surface area contributed by atoms with Crippen LogP contribution in [0, 0.1) is 0 Å². The van der Waals surface area contributed by atoms with Gasteiger partial charge in [0.1, 0.15) is 5.75 Å². The minimum absolute atomic E-state index is 0.115. The van der Waals surface area contributed by atoms with Gasteiger partial charge in [-0.2, -0.15) is 0 Å². The molecule has 0 aliphatic heterocycles. The smallest absolute Gasteiger partial charge is 0.474 e. The molecule has 2 aromatic rings. The zero-order valence-corrected chi connectivity index (χ0v) is 9.01. The van der Waals surface area contributed by atoms with Gasteiger partial charge in [-0.25, -0.2) is 4.79 Å². The number of rotatable bonds is 3. The monoisotopic (exact) mass is 274 g/mol. The maximum atomic E-state index is 11.9. The summed E-state index contributed by atoms with van der Waals surface area (Å²) in [7, 11) is 0. The van der Waals surface area contributed by atoms with Crippen LogP contribution in [0.2, 0.25) is 0 Å². The number of alkyl halides is 3. The molecule has 0 spiro atoms. The SMILES string of the molecule is O=C(O)c1nnc(-c2ccc(OC(F)(F)F)cc2)o1. The number of aromatic carboxylic acids is 1. The molecule has 0 saturated carbocycles. The van der Waals surface area contributed by atoms with Crippen molar-refractivity contribution in [2.45, 2.75) is 6.36 Å². The third kappa shape index (κ3) is 3.21. The highest BCUT2D eigenvalue weighted by atomic mass is 19.4. The molecule has 0 aliphatic carbocycles. The maximum Gasteiger partial charge on any atom is 0.573 e. The summed E-state index contributed by atoms with van der Waals surface area (Å²) in [5, 5.41) is 15.3. The summed E-state index contributed by atoms with van der Waals surface area (Å²) in [5.41, 5.74) is 0.273. The molecule has 0 saturated heterocycles. The third-order valence-electron chi connectivity index (χ3n) is 1.94. The lowest BCUT2D eigenvalue weighted by molar-refractivity contribution is -0.274. The van der Waals surface area contributed by atoms with Crippen molar-refractivity contribution in [1.29, 1.82) is 0 Å². The molecule has 1 aromatic heterocycles. The van der Waals surface area contributed by atoms with Crippen LogP contribution in [0.4, 0.5) is 13.2 Å². The second-order valence-corrected chi connectivity index (χ2v) is 3.29. The molecule has 9 heteroatoms. The van der Waals surface area contributed by atoms with Crippen LogP contribution < -0.4 is 4.74 Å². The lowest BCUT2D eigenvalue weighted by Crippen LogP contribution is -2.16. The number of halogens is 3. The average molecular weight is 274 g/mol. The third-order valence-corrected chi connectivity index (χ3v) is 1.94.